The number of halogens is 1. The van der Waals surface area contributed by atoms with Crippen LogP contribution in [-0.2, 0) is 6.54 Å². The third-order valence-electron chi connectivity index (χ3n) is 5.48. The first-order valence-corrected chi connectivity index (χ1v) is 8.63. The van der Waals surface area contributed by atoms with Crippen LogP contribution >= 0.6 is 0 Å². The second-order valence-corrected chi connectivity index (χ2v) is 7.18. The van der Waals surface area contributed by atoms with Crippen molar-refractivity contribution in [2.75, 3.05) is 26.2 Å². The van der Waals surface area contributed by atoms with E-state index in [0.29, 0.717) is 0 Å². The fourth-order valence-corrected chi connectivity index (χ4v) is 4.21. The fourth-order valence-electron chi connectivity index (χ4n) is 4.21. The van der Waals surface area contributed by atoms with Crippen LogP contribution in [0, 0.1) is 11.7 Å². The minimum Gasteiger partial charge on any atom is -0.323 e. The summed E-state index contributed by atoms with van der Waals surface area (Å²) in [5, 5.41) is 0. The van der Waals surface area contributed by atoms with E-state index in [1.165, 1.54) is 57.4 Å². The average Bonchev–Trinajstić information content (AvgIpc) is 2.50. The van der Waals surface area contributed by atoms with Gasteiger partial charge in [0.25, 0.3) is 0 Å². The topological polar surface area (TPSA) is 8.88 Å². The molecule has 1 saturated heterocycles. The highest BCUT2D eigenvalue weighted by atomic mass is 19.1. The zero-order valence-corrected chi connectivity index (χ0v) is 13.2. The third kappa shape index (κ3) is 4.04. The summed E-state index contributed by atoms with van der Waals surface area (Å²) in [7, 11) is 0. The van der Waals surface area contributed by atoms with E-state index in [-0.39, 0.29) is 5.82 Å². The highest BCUT2D eigenvalue weighted by Gasteiger charge is 2.32. The van der Waals surface area contributed by atoms with E-state index in [4.69, 9.17) is 0 Å². The summed E-state index contributed by atoms with van der Waals surface area (Å²) in [4.78, 5) is 3.51. The van der Waals surface area contributed by atoms with Gasteiger partial charge in [-0.15, -0.1) is 0 Å². The van der Waals surface area contributed by atoms with Gasteiger partial charge < -0.3 is 9.80 Å². The van der Waals surface area contributed by atoms with Crippen molar-refractivity contribution in [3.05, 3.63) is 35.6 Å². The van der Waals surface area contributed by atoms with Crippen molar-refractivity contribution >= 4 is 0 Å². The molecule has 1 aliphatic carbocycles. The van der Waals surface area contributed by atoms with Crippen LogP contribution in [0.1, 0.15) is 38.2 Å². The minimum absolute atomic E-state index is 0.130. The Morgan fingerprint density at radius 2 is 1.76 bits per heavy atom. The molecule has 2 N–H and O–H groups in total. The van der Waals surface area contributed by atoms with Crippen molar-refractivity contribution in [2.45, 2.75) is 45.2 Å². The molecule has 1 aromatic rings. The van der Waals surface area contributed by atoms with E-state index in [0.717, 1.165) is 18.5 Å². The minimum atomic E-state index is -0.130. The number of piperazine rings is 1. The van der Waals surface area contributed by atoms with Crippen LogP contribution in [0.3, 0.4) is 0 Å². The second kappa shape index (κ2) is 6.89. The summed E-state index contributed by atoms with van der Waals surface area (Å²) in [6, 6.07) is 7.95. The van der Waals surface area contributed by atoms with Crippen molar-refractivity contribution in [1.82, 2.24) is 0 Å². The Morgan fingerprint density at radius 1 is 1.05 bits per heavy atom. The average molecular weight is 292 g/mol. The van der Waals surface area contributed by atoms with Gasteiger partial charge in [-0.1, -0.05) is 25.5 Å². The Kier molecular flexibility index (Phi) is 4.91. The molecule has 2 fully saturated rings. The molecule has 0 unspecified atom stereocenters. The molecule has 2 aliphatic rings. The van der Waals surface area contributed by atoms with Crippen LogP contribution in [0.15, 0.2) is 24.3 Å². The maximum Gasteiger partial charge on any atom is 0.127 e. The summed E-state index contributed by atoms with van der Waals surface area (Å²) in [5.41, 5.74) is 1.26. The normalized spacial score (nSPS) is 33.8. The SMILES string of the molecule is C[C@@H]1CCC[C@H]([NH+]2CC[NH+](Cc3ccc(F)cc3)CC2)C1. The van der Waals surface area contributed by atoms with E-state index in [1.807, 2.05) is 17.0 Å². The van der Waals surface area contributed by atoms with Gasteiger partial charge in [0.15, 0.2) is 0 Å². The molecule has 3 rings (SSSR count). The van der Waals surface area contributed by atoms with Crippen LogP contribution < -0.4 is 9.80 Å². The van der Waals surface area contributed by atoms with Crippen molar-refractivity contribution < 1.29 is 14.2 Å². The van der Waals surface area contributed by atoms with E-state index in [9.17, 15) is 4.39 Å². The maximum absolute atomic E-state index is 12.9. The van der Waals surface area contributed by atoms with E-state index >= 15 is 0 Å². The van der Waals surface area contributed by atoms with Gasteiger partial charge in [-0.05, 0) is 30.9 Å². The van der Waals surface area contributed by atoms with Gasteiger partial charge in [0.1, 0.15) is 38.5 Å². The summed E-state index contributed by atoms with van der Waals surface area (Å²) in [6.07, 6.45) is 5.74. The zero-order valence-electron chi connectivity index (χ0n) is 13.2. The predicted molar refractivity (Wildman–Crippen MR) is 82.9 cm³/mol. The molecule has 1 aromatic carbocycles. The first-order chi connectivity index (χ1) is 10.2. The fraction of sp³-hybridized carbons (Fsp3) is 0.667. The Hall–Kier alpha value is -0.930. The molecular formula is C18H29FN2+2. The van der Waals surface area contributed by atoms with E-state index < -0.39 is 0 Å². The summed E-state index contributed by atoms with van der Waals surface area (Å²) < 4.78 is 12.9. The Labute approximate surface area is 127 Å². The highest BCUT2D eigenvalue weighted by Crippen LogP contribution is 2.21. The molecule has 1 aliphatic heterocycles. The van der Waals surface area contributed by atoms with Gasteiger partial charge in [-0.2, -0.15) is 0 Å². The van der Waals surface area contributed by atoms with Crippen LogP contribution in [0.2, 0.25) is 0 Å². The molecule has 0 aromatic heterocycles. The molecule has 1 heterocycles. The van der Waals surface area contributed by atoms with Crippen LogP contribution in [-0.4, -0.2) is 32.2 Å². The number of benzene rings is 1. The molecule has 21 heavy (non-hydrogen) atoms. The Bertz CT molecular complexity index is 437. The largest absolute Gasteiger partial charge is 0.323 e. The quantitative estimate of drug-likeness (QED) is 0.811. The molecular weight excluding hydrogens is 263 g/mol. The molecule has 0 amide bonds. The molecule has 1 saturated carbocycles. The summed E-state index contributed by atoms with van der Waals surface area (Å²) in [5.74, 6) is 0.801. The maximum atomic E-state index is 12.9. The van der Waals surface area contributed by atoms with Gasteiger partial charge in [0.05, 0.1) is 6.04 Å². The highest BCUT2D eigenvalue weighted by molar-refractivity contribution is 5.14. The standard InChI is InChI=1S/C18H27FN2/c1-15-3-2-4-18(13-15)21-11-9-20(10-12-21)14-16-5-7-17(19)8-6-16/h5-8,15,18H,2-4,9-14H2,1H3/p+2/t15-,18+/m1/s1. The third-order valence-corrected chi connectivity index (χ3v) is 5.48. The van der Waals surface area contributed by atoms with Gasteiger partial charge in [-0.3, -0.25) is 0 Å². The first kappa shape index (κ1) is 15.0. The summed E-state index contributed by atoms with van der Waals surface area (Å²) in [6.45, 7) is 8.62. The van der Waals surface area contributed by atoms with Gasteiger partial charge in [-0.25, -0.2) is 4.39 Å². The number of hydrogen-bond donors (Lipinski definition) is 2. The number of rotatable bonds is 3. The molecule has 0 radical (unpaired) electrons. The van der Waals surface area contributed by atoms with Crippen LogP contribution in [0.25, 0.3) is 0 Å². The second-order valence-electron chi connectivity index (χ2n) is 7.18. The van der Waals surface area contributed by atoms with Gasteiger partial charge >= 0.3 is 0 Å². The Morgan fingerprint density at radius 3 is 2.43 bits per heavy atom. The molecule has 0 spiro atoms. The molecule has 2 atom stereocenters. The van der Waals surface area contributed by atoms with Crippen LogP contribution in [0.5, 0.6) is 0 Å². The van der Waals surface area contributed by atoms with Crippen molar-refractivity contribution in [3.8, 4) is 0 Å². The lowest BCUT2D eigenvalue weighted by Gasteiger charge is -2.37. The monoisotopic (exact) mass is 292 g/mol. The lowest BCUT2D eigenvalue weighted by molar-refractivity contribution is -1.03. The molecule has 116 valence electrons. The van der Waals surface area contributed by atoms with E-state index in [2.05, 4.69) is 6.92 Å². The van der Waals surface area contributed by atoms with Crippen molar-refractivity contribution in [3.63, 3.8) is 0 Å². The molecule has 3 heteroatoms. The molecule has 0 bridgehead atoms. The first-order valence-electron chi connectivity index (χ1n) is 8.63. The van der Waals surface area contributed by atoms with Crippen molar-refractivity contribution in [2.24, 2.45) is 5.92 Å². The number of quaternary nitrogens is 2. The lowest BCUT2D eigenvalue weighted by atomic mass is 9.86. The van der Waals surface area contributed by atoms with Gasteiger partial charge in [0.2, 0.25) is 0 Å². The number of hydrogen-bond acceptors (Lipinski definition) is 0. The van der Waals surface area contributed by atoms with Crippen molar-refractivity contribution in [1.29, 1.82) is 0 Å². The van der Waals surface area contributed by atoms with E-state index in [1.54, 1.807) is 17.0 Å². The van der Waals surface area contributed by atoms with Crippen LogP contribution in [0.4, 0.5) is 4.39 Å². The zero-order chi connectivity index (χ0) is 14.7. The predicted octanol–water partition coefficient (Wildman–Crippen LogP) is 0.688. The summed E-state index contributed by atoms with van der Waals surface area (Å²) >= 11 is 0. The lowest BCUT2D eigenvalue weighted by Crippen LogP contribution is -3.29. The van der Waals surface area contributed by atoms with Gasteiger partial charge in [0, 0.05) is 12.0 Å². The molecule has 2 nitrogen and oxygen atoms in total. The smallest absolute Gasteiger partial charge is 0.127 e. The number of nitrogens with one attached hydrogen (secondary N) is 2. The Balaban J connectivity index is 1.47.